The lowest BCUT2D eigenvalue weighted by molar-refractivity contribution is -0.292. The Morgan fingerprint density at radius 3 is 2.30 bits per heavy atom. The molecule has 10 fully saturated rings. The maximum Gasteiger partial charge on any atom is 0.450 e. The number of halogens is 3. The van der Waals surface area contributed by atoms with Gasteiger partial charge >= 0.3 is 6.18 Å². The van der Waals surface area contributed by atoms with Crippen LogP contribution in [0.3, 0.4) is 0 Å². The molecule has 18 unspecified atom stereocenters. The van der Waals surface area contributed by atoms with E-state index in [0.717, 1.165) is 43.3 Å². The summed E-state index contributed by atoms with van der Waals surface area (Å²) >= 11 is 0. The van der Waals surface area contributed by atoms with Crippen molar-refractivity contribution in [1.82, 2.24) is 0 Å². The summed E-state index contributed by atoms with van der Waals surface area (Å²) in [6.07, 6.45) is -5.28. The Kier molecular flexibility index (Phi) is 9.99. The molecule has 18 atom stereocenters. The highest BCUT2D eigenvalue weighted by molar-refractivity contribution is 5.84. The molecule has 10 saturated heterocycles. The molecular weight excluding hydrogens is 713 g/mol. The van der Waals surface area contributed by atoms with Crippen molar-refractivity contribution < 1.29 is 65.4 Å². The number of alkyl halides is 3. The molecule has 12 bridgehead atoms. The van der Waals surface area contributed by atoms with Crippen molar-refractivity contribution in [3.8, 4) is 0 Å². The van der Waals surface area contributed by atoms with Crippen molar-refractivity contribution in [2.45, 2.75) is 194 Å². The van der Waals surface area contributed by atoms with E-state index in [0.29, 0.717) is 25.7 Å². The summed E-state index contributed by atoms with van der Waals surface area (Å²) in [5.74, 6) is -3.35. The van der Waals surface area contributed by atoms with Crippen molar-refractivity contribution in [1.29, 1.82) is 0 Å². The van der Waals surface area contributed by atoms with E-state index in [-0.39, 0.29) is 79.8 Å². The van der Waals surface area contributed by atoms with Gasteiger partial charge in [-0.15, -0.1) is 0 Å². The summed E-state index contributed by atoms with van der Waals surface area (Å²) in [4.78, 5) is 26.2. The lowest BCUT2D eigenvalue weighted by Crippen LogP contribution is -2.61. The van der Waals surface area contributed by atoms with Crippen LogP contribution in [0, 0.1) is 11.8 Å². The molecule has 54 heavy (non-hydrogen) atoms. The van der Waals surface area contributed by atoms with Crippen LogP contribution >= 0.6 is 0 Å². The van der Waals surface area contributed by atoms with Gasteiger partial charge < -0.3 is 42.6 Å². The summed E-state index contributed by atoms with van der Waals surface area (Å²) in [7, 11) is 1.38. The molecule has 0 aliphatic carbocycles. The van der Waals surface area contributed by atoms with Gasteiger partial charge in [0.1, 0.15) is 36.3 Å². The number of methoxy groups -OCH3 is 1. The third-order valence-electron chi connectivity index (χ3n) is 13.9. The number of hydrogen-bond donors (Lipinski definition) is 0. The largest absolute Gasteiger partial charge is 0.450 e. The minimum Gasteiger partial charge on any atom is -0.378 e. The molecule has 0 radical (unpaired) electrons. The first-order chi connectivity index (χ1) is 25.8. The van der Waals surface area contributed by atoms with Gasteiger partial charge in [0.25, 0.3) is 0 Å². The monoisotopic (exact) mass is 766 g/mol. The van der Waals surface area contributed by atoms with E-state index in [1.54, 1.807) is 0 Å². The highest BCUT2D eigenvalue weighted by Gasteiger charge is 2.68. The summed E-state index contributed by atoms with van der Waals surface area (Å²) in [6, 6.07) is 0. The lowest BCUT2D eigenvalue weighted by Gasteiger charge is -2.47. The van der Waals surface area contributed by atoms with Gasteiger partial charge in [0.05, 0.1) is 61.0 Å². The third kappa shape index (κ3) is 6.86. The van der Waals surface area contributed by atoms with Crippen molar-refractivity contribution in [3.05, 3.63) is 24.3 Å². The van der Waals surface area contributed by atoms with Crippen molar-refractivity contribution >= 4 is 11.6 Å². The van der Waals surface area contributed by atoms with Gasteiger partial charge in [0.2, 0.25) is 5.78 Å². The first-order valence-electron chi connectivity index (χ1n) is 20.1. The second-order valence-corrected chi connectivity index (χ2v) is 17.4. The molecule has 11 nitrogen and oxygen atoms in total. The molecule has 300 valence electrons. The van der Waals surface area contributed by atoms with E-state index >= 15 is 0 Å². The third-order valence-corrected chi connectivity index (χ3v) is 13.9. The van der Waals surface area contributed by atoms with E-state index in [1.165, 1.54) is 7.11 Å². The summed E-state index contributed by atoms with van der Waals surface area (Å²) in [6.45, 7) is 10.8. The molecule has 10 aliphatic heterocycles. The van der Waals surface area contributed by atoms with Gasteiger partial charge in [-0.05, 0) is 62.0 Å². The Morgan fingerprint density at radius 2 is 1.50 bits per heavy atom. The van der Waals surface area contributed by atoms with Crippen molar-refractivity contribution in [2.24, 2.45) is 11.8 Å². The van der Waals surface area contributed by atoms with Crippen LogP contribution in [0.5, 0.6) is 0 Å². The number of carbonyl (C=O) groups is 2. The Morgan fingerprint density at radius 1 is 0.778 bits per heavy atom. The minimum absolute atomic E-state index is 0.0150. The first kappa shape index (κ1) is 37.8. The fourth-order valence-corrected chi connectivity index (χ4v) is 11.2. The number of ether oxygens (including phenoxy) is 9. The van der Waals surface area contributed by atoms with Gasteiger partial charge in [-0.1, -0.05) is 20.1 Å². The highest BCUT2D eigenvalue weighted by Crippen LogP contribution is 2.54. The molecule has 10 heterocycles. The quantitative estimate of drug-likeness (QED) is 0.351. The van der Waals surface area contributed by atoms with E-state index < -0.39 is 72.8 Å². The van der Waals surface area contributed by atoms with E-state index in [4.69, 9.17) is 42.6 Å². The fourth-order valence-electron chi connectivity index (χ4n) is 11.2. The van der Waals surface area contributed by atoms with Gasteiger partial charge in [-0.3, -0.25) is 9.59 Å². The minimum atomic E-state index is -5.01. The zero-order valence-electron chi connectivity index (χ0n) is 31.0. The Labute approximate surface area is 313 Å². The zero-order chi connectivity index (χ0) is 37.7. The predicted molar refractivity (Wildman–Crippen MR) is 182 cm³/mol. The van der Waals surface area contributed by atoms with Crippen LogP contribution in [-0.4, -0.2) is 122 Å². The zero-order valence-corrected chi connectivity index (χ0v) is 31.0. The molecule has 0 aromatic heterocycles. The molecule has 10 rings (SSSR count). The van der Waals surface area contributed by atoms with Crippen LogP contribution in [-0.2, 0) is 52.2 Å². The molecule has 1 spiro atoms. The smallest absolute Gasteiger partial charge is 0.378 e. The van der Waals surface area contributed by atoms with Crippen LogP contribution in [0.2, 0.25) is 0 Å². The van der Waals surface area contributed by atoms with Crippen LogP contribution in [0.4, 0.5) is 13.2 Å². The fraction of sp³-hybridized carbons (Fsp3) is 0.850. The van der Waals surface area contributed by atoms with Gasteiger partial charge in [0, 0.05) is 51.6 Å². The normalized spacial score (nSPS) is 50.5. The van der Waals surface area contributed by atoms with E-state index in [9.17, 15) is 22.8 Å². The molecule has 10 aliphatic rings. The molecule has 0 aromatic carbocycles. The highest BCUT2D eigenvalue weighted by atomic mass is 19.4. The summed E-state index contributed by atoms with van der Waals surface area (Å²) in [5.41, 5.74) is 1.94. The predicted octanol–water partition coefficient (Wildman–Crippen LogP) is 5.25. The van der Waals surface area contributed by atoms with Crippen LogP contribution < -0.4 is 0 Å². The number of carbonyl (C=O) groups excluding carboxylic acids is 2. The Hall–Kier alpha value is -1.75. The van der Waals surface area contributed by atoms with Crippen molar-refractivity contribution in [3.63, 3.8) is 0 Å². The first-order valence-corrected chi connectivity index (χ1v) is 20.1. The van der Waals surface area contributed by atoms with Crippen LogP contribution in [0.1, 0.15) is 90.4 Å². The Bertz CT molecular complexity index is 1510. The van der Waals surface area contributed by atoms with Gasteiger partial charge in [0.15, 0.2) is 5.79 Å². The molecule has 0 saturated carbocycles. The molecule has 0 amide bonds. The topological polar surface area (TPSA) is 117 Å². The molecule has 0 aromatic rings. The van der Waals surface area contributed by atoms with E-state index in [2.05, 4.69) is 20.1 Å². The van der Waals surface area contributed by atoms with Crippen molar-refractivity contribution in [2.75, 3.05) is 7.11 Å². The number of rotatable bonds is 3. The number of fused-ring (bicyclic) bond motifs is 6. The summed E-state index contributed by atoms with van der Waals surface area (Å²) < 4.78 is 99.1. The number of Topliss-reactive ketones (excluding diaryl/α,β-unsaturated/α-hetero) is 2. The Balaban J connectivity index is 0.996. The maximum absolute atomic E-state index is 14.0. The van der Waals surface area contributed by atoms with Gasteiger partial charge in [-0.2, -0.15) is 13.2 Å². The lowest BCUT2D eigenvalue weighted by atomic mass is 9.81. The SMILES string of the molecule is C=C1CC2CCC34CC5OC6C(OC7CCC(CC(=O)CC8C(CC9OC(CCC1O2)CC(C)C9=C)OC(CC(=O)C(F)(F)F)C8OC)OC7C6O3)C5O4. The average molecular weight is 767 g/mol. The second kappa shape index (κ2) is 14.3. The standard InChI is InChI=1S/C40H53F3O11/c1-18-11-22-5-7-26-19(2)12-24(47-26)9-10-39-17-31-35(53-39)36-37(52-31)38(54-39)34-27(51-36)8-6-23(49-34)13-21(44)14-25-29(15-28(48-22)20(18)3)50-30(33(25)46-4)16-32(45)40(41,42)43/h18,22-31,33-38H,2-3,5-17H2,1,4H3. The molecular formula is C40H53F3O11. The second-order valence-electron chi connectivity index (χ2n) is 17.4. The van der Waals surface area contributed by atoms with E-state index in [1.807, 2.05) is 0 Å². The molecule has 0 N–H and O–H groups in total. The maximum atomic E-state index is 14.0. The molecule has 14 heteroatoms. The number of ketones is 2. The summed E-state index contributed by atoms with van der Waals surface area (Å²) in [5, 5.41) is 0. The number of hydrogen-bond acceptors (Lipinski definition) is 11. The van der Waals surface area contributed by atoms with Crippen LogP contribution in [0.15, 0.2) is 24.3 Å². The average Bonchev–Trinajstić information content (AvgIpc) is 3.79. The van der Waals surface area contributed by atoms with Crippen LogP contribution in [0.25, 0.3) is 0 Å². The van der Waals surface area contributed by atoms with Gasteiger partial charge in [-0.25, -0.2) is 0 Å².